The average Bonchev–Trinajstić information content (AvgIpc) is 3.04. The van der Waals surface area contributed by atoms with Gasteiger partial charge in [-0.2, -0.15) is 0 Å². The summed E-state index contributed by atoms with van der Waals surface area (Å²) in [6.07, 6.45) is 0.144. The van der Waals surface area contributed by atoms with E-state index in [1.807, 2.05) is 0 Å². The third-order valence-corrected chi connectivity index (χ3v) is 4.10. The number of carbonyl (C=O) groups is 2. The lowest BCUT2D eigenvalue weighted by Crippen LogP contribution is -2.50. The molecule has 1 aromatic heterocycles. The molecule has 0 atom stereocenters. The lowest BCUT2D eigenvalue weighted by atomic mass is 10.1. The van der Waals surface area contributed by atoms with Gasteiger partial charge >= 0.3 is 0 Å². The third kappa shape index (κ3) is 3.61. The SMILES string of the molecule is CC(=O)N1CCN(C(=O)Cc2cc(-c3ccc(F)cc3)on2)CC1. The fourth-order valence-corrected chi connectivity index (χ4v) is 2.68. The molecule has 0 aliphatic carbocycles. The topological polar surface area (TPSA) is 66.7 Å². The van der Waals surface area contributed by atoms with Gasteiger partial charge in [-0.3, -0.25) is 9.59 Å². The summed E-state index contributed by atoms with van der Waals surface area (Å²) in [6, 6.07) is 7.58. The molecule has 24 heavy (non-hydrogen) atoms. The second-order valence-corrected chi connectivity index (χ2v) is 5.75. The van der Waals surface area contributed by atoms with Gasteiger partial charge in [-0.1, -0.05) is 5.16 Å². The van der Waals surface area contributed by atoms with E-state index < -0.39 is 0 Å². The largest absolute Gasteiger partial charge is 0.356 e. The van der Waals surface area contributed by atoms with Crippen molar-refractivity contribution >= 4 is 11.8 Å². The van der Waals surface area contributed by atoms with E-state index in [9.17, 15) is 14.0 Å². The summed E-state index contributed by atoms with van der Waals surface area (Å²) in [5, 5.41) is 3.91. The van der Waals surface area contributed by atoms with Crippen LogP contribution in [0.25, 0.3) is 11.3 Å². The molecule has 2 amide bonds. The summed E-state index contributed by atoms with van der Waals surface area (Å²) in [5.74, 6) is 0.164. The molecule has 0 spiro atoms. The molecule has 7 heteroatoms. The van der Waals surface area contributed by atoms with Crippen LogP contribution in [-0.4, -0.2) is 52.9 Å². The number of rotatable bonds is 3. The molecule has 1 aliphatic heterocycles. The molecule has 2 heterocycles. The van der Waals surface area contributed by atoms with Crippen LogP contribution in [0.2, 0.25) is 0 Å². The number of carbonyl (C=O) groups excluding carboxylic acids is 2. The Morgan fingerprint density at radius 1 is 1.12 bits per heavy atom. The van der Waals surface area contributed by atoms with E-state index in [-0.39, 0.29) is 24.1 Å². The molecule has 3 rings (SSSR count). The van der Waals surface area contributed by atoms with Crippen LogP contribution >= 0.6 is 0 Å². The smallest absolute Gasteiger partial charge is 0.228 e. The van der Waals surface area contributed by atoms with Gasteiger partial charge in [-0.05, 0) is 24.3 Å². The van der Waals surface area contributed by atoms with Crippen LogP contribution in [0.1, 0.15) is 12.6 Å². The van der Waals surface area contributed by atoms with Crippen LogP contribution in [0, 0.1) is 5.82 Å². The molecule has 6 nitrogen and oxygen atoms in total. The number of benzene rings is 1. The first kappa shape index (κ1) is 16.2. The Labute approximate surface area is 138 Å². The summed E-state index contributed by atoms with van der Waals surface area (Å²) >= 11 is 0. The fraction of sp³-hybridized carbons (Fsp3) is 0.353. The maximum Gasteiger partial charge on any atom is 0.228 e. The maximum absolute atomic E-state index is 12.9. The van der Waals surface area contributed by atoms with Gasteiger partial charge in [-0.25, -0.2) is 4.39 Å². The molecule has 0 saturated carbocycles. The second-order valence-electron chi connectivity index (χ2n) is 5.75. The summed E-state index contributed by atoms with van der Waals surface area (Å²) in [7, 11) is 0. The minimum absolute atomic E-state index is 0.0301. The van der Waals surface area contributed by atoms with E-state index in [1.54, 1.807) is 28.0 Å². The summed E-state index contributed by atoms with van der Waals surface area (Å²) < 4.78 is 18.2. The monoisotopic (exact) mass is 331 g/mol. The first-order chi connectivity index (χ1) is 11.5. The van der Waals surface area contributed by atoms with Gasteiger partial charge in [0.25, 0.3) is 0 Å². The standard InChI is InChI=1S/C17H18FN3O3/c1-12(22)20-6-8-21(9-7-20)17(23)11-15-10-16(24-19-15)13-2-4-14(18)5-3-13/h2-5,10H,6-9,11H2,1H3. The summed E-state index contributed by atoms with van der Waals surface area (Å²) in [5.41, 5.74) is 1.24. The molecule has 0 bridgehead atoms. The Hall–Kier alpha value is -2.70. The number of hydrogen-bond donors (Lipinski definition) is 0. The number of halogens is 1. The lowest BCUT2D eigenvalue weighted by molar-refractivity contribution is -0.138. The van der Waals surface area contributed by atoms with Gasteiger partial charge in [0.05, 0.1) is 12.1 Å². The van der Waals surface area contributed by atoms with E-state index in [0.717, 1.165) is 0 Å². The van der Waals surface area contributed by atoms with Crippen LogP contribution in [0.5, 0.6) is 0 Å². The number of hydrogen-bond acceptors (Lipinski definition) is 4. The van der Waals surface area contributed by atoms with Crippen LogP contribution in [-0.2, 0) is 16.0 Å². The van der Waals surface area contributed by atoms with Gasteiger partial charge < -0.3 is 14.3 Å². The number of nitrogens with zero attached hydrogens (tertiary/aromatic N) is 3. The van der Waals surface area contributed by atoms with Gasteiger partial charge in [0.1, 0.15) is 5.82 Å². The first-order valence-electron chi connectivity index (χ1n) is 7.78. The number of amides is 2. The van der Waals surface area contributed by atoms with Crippen molar-refractivity contribution < 1.29 is 18.5 Å². The lowest BCUT2D eigenvalue weighted by Gasteiger charge is -2.34. The zero-order valence-electron chi connectivity index (χ0n) is 13.4. The van der Waals surface area contributed by atoms with Crippen LogP contribution in [0.15, 0.2) is 34.9 Å². The molecular formula is C17H18FN3O3. The Morgan fingerprint density at radius 2 is 1.75 bits per heavy atom. The highest BCUT2D eigenvalue weighted by Gasteiger charge is 2.23. The Morgan fingerprint density at radius 3 is 2.38 bits per heavy atom. The fourth-order valence-electron chi connectivity index (χ4n) is 2.68. The maximum atomic E-state index is 12.9. The van der Waals surface area contributed by atoms with Crippen molar-refractivity contribution in [3.63, 3.8) is 0 Å². The van der Waals surface area contributed by atoms with Crippen LogP contribution < -0.4 is 0 Å². The highest BCUT2D eigenvalue weighted by molar-refractivity contribution is 5.79. The average molecular weight is 331 g/mol. The molecule has 126 valence electrons. The molecule has 1 aromatic carbocycles. The number of piperazine rings is 1. The highest BCUT2D eigenvalue weighted by atomic mass is 19.1. The van der Waals surface area contributed by atoms with Gasteiger partial charge in [0, 0.05) is 44.7 Å². The quantitative estimate of drug-likeness (QED) is 0.859. The molecule has 0 unspecified atom stereocenters. The molecule has 0 N–H and O–H groups in total. The summed E-state index contributed by atoms with van der Waals surface area (Å²) in [6.45, 7) is 3.70. The predicted molar refractivity (Wildman–Crippen MR) is 84.4 cm³/mol. The van der Waals surface area contributed by atoms with Crippen LogP contribution in [0.4, 0.5) is 4.39 Å². The second kappa shape index (κ2) is 6.82. The Kier molecular flexibility index (Phi) is 4.59. The van der Waals surface area contributed by atoms with E-state index >= 15 is 0 Å². The van der Waals surface area contributed by atoms with Gasteiger partial charge in [0.2, 0.25) is 11.8 Å². The van der Waals surface area contributed by atoms with E-state index in [2.05, 4.69) is 5.16 Å². The van der Waals surface area contributed by atoms with E-state index in [0.29, 0.717) is 43.2 Å². The molecular weight excluding hydrogens is 313 g/mol. The molecule has 2 aromatic rings. The van der Waals surface area contributed by atoms with Gasteiger partial charge in [-0.15, -0.1) is 0 Å². The van der Waals surface area contributed by atoms with Crippen molar-refractivity contribution in [3.8, 4) is 11.3 Å². The third-order valence-electron chi connectivity index (χ3n) is 4.10. The summed E-state index contributed by atoms with van der Waals surface area (Å²) in [4.78, 5) is 27.1. The minimum atomic E-state index is -0.321. The van der Waals surface area contributed by atoms with Gasteiger partial charge in [0.15, 0.2) is 5.76 Å². The molecule has 0 radical (unpaired) electrons. The van der Waals surface area contributed by atoms with E-state index in [1.165, 1.54) is 19.1 Å². The number of aromatic nitrogens is 1. The normalized spacial score (nSPS) is 14.8. The van der Waals surface area contributed by atoms with Crippen molar-refractivity contribution in [2.45, 2.75) is 13.3 Å². The Bertz CT molecular complexity index is 734. The van der Waals surface area contributed by atoms with Crippen molar-refractivity contribution in [2.24, 2.45) is 0 Å². The van der Waals surface area contributed by atoms with Crippen LogP contribution in [0.3, 0.4) is 0 Å². The van der Waals surface area contributed by atoms with Crippen molar-refractivity contribution in [1.82, 2.24) is 15.0 Å². The zero-order valence-corrected chi connectivity index (χ0v) is 13.4. The first-order valence-corrected chi connectivity index (χ1v) is 7.78. The predicted octanol–water partition coefficient (Wildman–Crippen LogP) is 1.71. The molecule has 1 saturated heterocycles. The molecule has 1 aliphatic rings. The minimum Gasteiger partial charge on any atom is -0.356 e. The highest BCUT2D eigenvalue weighted by Crippen LogP contribution is 2.21. The molecule has 1 fully saturated rings. The zero-order chi connectivity index (χ0) is 17.1. The van der Waals surface area contributed by atoms with E-state index in [4.69, 9.17) is 4.52 Å². The van der Waals surface area contributed by atoms with Crippen molar-refractivity contribution in [3.05, 3.63) is 41.8 Å². The van der Waals surface area contributed by atoms with Crippen molar-refractivity contribution in [2.75, 3.05) is 26.2 Å². The Balaban J connectivity index is 1.59. The van der Waals surface area contributed by atoms with Crippen molar-refractivity contribution in [1.29, 1.82) is 0 Å².